The van der Waals surface area contributed by atoms with E-state index in [9.17, 15) is 13.9 Å². The molecule has 0 saturated carbocycles. The molecular weight excluding hydrogens is 238 g/mol. The Morgan fingerprint density at radius 1 is 1.28 bits per heavy atom. The second-order valence-corrected chi connectivity index (χ2v) is 4.54. The van der Waals surface area contributed by atoms with E-state index in [0.717, 1.165) is 44.7 Å². The zero-order valence-corrected chi connectivity index (χ0v) is 10.2. The Kier molecular flexibility index (Phi) is 4.49. The number of hydrogen-bond acceptors (Lipinski definition) is 3. The van der Waals surface area contributed by atoms with Crippen molar-refractivity contribution in [2.24, 2.45) is 0 Å². The Bertz CT molecular complexity index is 393. The van der Waals surface area contributed by atoms with Gasteiger partial charge in [-0.25, -0.2) is 8.78 Å². The molecule has 18 heavy (non-hydrogen) atoms. The number of halogens is 2. The van der Waals surface area contributed by atoms with Gasteiger partial charge in [-0.3, -0.25) is 0 Å². The van der Waals surface area contributed by atoms with Gasteiger partial charge in [0, 0.05) is 32.7 Å². The third-order valence-electron chi connectivity index (χ3n) is 3.25. The monoisotopic (exact) mass is 256 g/mol. The van der Waals surface area contributed by atoms with Crippen molar-refractivity contribution in [2.45, 2.75) is 12.8 Å². The van der Waals surface area contributed by atoms with E-state index in [2.05, 4.69) is 10.2 Å². The number of hydrogen-bond donors (Lipinski definition) is 2. The number of phenolic OH excluding ortho intramolecular Hbond substituents is 1. The molecule has 100 valence electrons. The molecule has 2 rings (SSSR count). The maximum atomic E-state index is 12.6. The molecule has 0 aliphatic carbocycles. The molecule has 0 atom stereocenters. The first kappa shape index (κ1) is 13.2. The predicted octanol–water partition coefficient (Wildman–Crippen LogP) is 1.78. The molecule has 1 aromatic carbocycles. The lowest BCUT2D eigenvalue weighted by Crippen LogP contribution is -2.44. The summed E-state index contributed by atoms with van der Waals surface area (Å²) < 4.78 is 25.2. The van der Waals surface area contributed by atoms with Gasteiger partial charge in [0.25, 0.3) is 6.43 Å². The van der Waals surface area contributed by atoms with Gasteiger partial charge in [-0.1, -0.05) is 6.07 Å². The molecule has 1 heterocycles. The minimum Gasteiger partial charge on any atom is -0.507 e. The fraction of sp³-hybridized carbons (Fsp3) is 0.538. The summed E-state index contributed by atoms with van der Waals surface area (Å²) in [4.78, 5) is 2.31. The smallest absolute Gasteiger partial charge is 0.267 e. The topological polar surface area (TPSA) is 35.5 Å². The number of aromatic hydroxyl groups is 1. The van der Waals surface area contributed by atoms with Gasteiger partial charge >= 0.3 is 0 Å². The van der Waals surface area contributed by atoms with Gasteiger partial charge in [0.15, 0.2) is 0 Å². The van der Waals surface area contributed by atoms with E-state index in [1.165, 1.54) is 12.1 Å². The molecule has 0 bridgehead atoms. The Morgan fingerprint density at radius 2 is 2.00 bits per heavy atom. The number of nitrogens with zero attached hydrogens (tertiary/aromatic N) is 1. The normalized spacial score (nSPS) is 17.3. The lowest BCUT2D eigenvalue weighted by molar-refractivity contribution is 0.147. The maximum Gasteiger partial charge on any atom is 0.267 e. The van der Waals surface area contributed by atoms with Crippen LogP contribution in [0.5, 0.6) is 5.75 Å². The molecule has 1 aliphatic rings. The molecule has 0 radical (unpaired) electrons. The van der Waals surface area contributed by atoms with Gasteiger partial charge in [0.05, 0.1) is 5.56 Å². The van der Waals surface area contributed by atoms with Crippen molar-refractivity contribution < 1.29 is 13.9 Å². The average Bonchev–Trinajstić information content (AvgIpc) is 2.38. The number of alkyl halides is 2. The molecule has 0 spiro atoms. The van der Waals surface area contributed by atoms with E-state index < -0.39 is 6.43 Å². The van der Waals surface area contributed by atoms with Crippen LogP contribution in [0.2, 0.25) is 0 Å². The molecule has 1 aliphatic heterocycles. The van der Waals surface area contributed by atoms with Gasteiger partial charge in [-0.15, -0.1) is 0 Å². The highest BCUT2D eigenvalue weighted by molar-refractivity contribution is 5.37. The van der Waals surface area contributed by atoms with Crippen molar-refractivity contribution in [3.05, 3.63) is 29.3 Å². The molecule has 3 nitrogen and oxygen atoms in total. The van der Waals surface area contributed by atoms with Crippen LogP contribution in [-0.4, -0.2) is 42.7 Å². The molecule has 0 unspecified atom stereocenters. The predicted molar refractivity (Wildman–Crippen MR) is 66.1 cm³/mol. The van der Waals surface area contributed by atoms with Crippen LogP contribution in [0.4, 0.5) is 8.78 Å². The van der Waals surface area contributed by atoms with E-state index >= 15 is 0 Å². The fourth-order valence-electron chi connectivity index (χ4n) is 2.16. The Hall–Kier alpha value is -1.20. The summed E-state index contributed by atoms with van der Waals surface area (Å²) in [5.74, 6) is -0.323. The molecule has 5 heteroatoms. The molecule has 1 aromatic rings. The molecule has 1 fully saturated rings. The molecule has 1 saturated heterocycles. The Morgan fingerprint density at radius 3 is 2.67 bits per heavy atom. The van der Waals surface area contributed by atoms with Crippen molar-refractivity contribution >= 4 is 0 Å². The Balaban J connectivity index is 1.94. The van der Waals surface area contributed by atoms with Crippen LogP contribution < -0.4 is 5.32 Å². The van der Waals surface area contributed by atoms with E-state index in [4.69, 9.17) is 0 Å². The van der Waals surface area contributed by atoms with Crippen LogP contribution in [0.1, 0.15) is 17.6 Å². The van der Waals surface area contributed by atoms with Gasteiger partial charge in [0.2, 0.25) is 0 Å². The summed E-state index contributed by atoms with van der Waals surface area (Å²) in [6.45, 7) is 4.84. The van der Waals surface area contributed by atoms with Gasteiger partial charge in [-0.05, 0) is 24.1 Å². The first-order valence-electron chi connectivity index (χ1n) is 6.20. The number of phenols is 1. The highest BCUT2D eigenvalue weighted by Crippen LogP contribution is 2.28. The van der Waals surface area contributed by atoms with Crippen molar-refractivity contribution in [1.82, 2.24) is 10.2 Å². The maximum absolute atomic E-state index is 12.6. The van der Waals surface area contributed by atoms with Crippen LogP contribution in [0.15, 0.2) is 18.2 Å². The third kappa shape index (κ3) is 3.40. The van der Waals surface area contributed by atoms with Crippen LogP contribution in [0.3, 0.4) is 0 Å². The summed E-state index contributed by atoms with van der Waals surface area (Å²) in [5, 5.41) is 12.6. The zero-order chi connectivity index (χ0) is 13.0. The number of piperazine rings is 1. The van der Waals surface area contributed by atoms with Crippen molar-refractivity contribution in [3.8, 4) is 5.75 Å². The summed E-state index contributed by atoms with van der Waals surface area (Å²) in [6, 6.07) is 4.47. The molecule has 2 N–H and O–H groups in total. The first-order valence-corrected chi connectivity index (χ1v) is 6.20. The standard InChI is InChI=1S/C13H18F2N2O/c14-13(15)11-9-10(1-2-12(11)18)3-6-17-7-4-16-5-8-17/h1-2,9,13,16,18H,3-8H2. The van der Waals surface area contributed by atoms with Crippen molar-refractivity contribution in [1.29, 1.82) is 0 Å². The number of nitrogens with one attached hydrogen (secondary N) is 1. The SMILES string of the molecule is Oc1ccc(CCN2CCNCC2)cc1C(F)F. The number of rotatable bonds is 4. The summed E-state index contributed by atoms with van der Waals surface area (Å²) in [5.41, 5.74) is 0.578. The minimum atomic E-state index is -2.62. The first-order chi connectivity index (χ1) is 8.66. The minimum absolute atomic E-state index is 0.271. The zero-order valence-electron chi connectivity index (χ0n) is 10.2. The van der Waals surface area contributed by atoms with E-state index in [0.29, 0.717) is 0 Å². The summed E-state index contributed by atoms with van der Waals surface area (Å²) in [6.07, 6.45) is -1.89. The quantitative estimate of drug-likeness (QED) is 0.862. The molecular formula is C13H18F2N2O. The largest absolute Gasteiger partial charge is 0.507 e. The second kappa shape index (κ2) is 6.11. The number of benzene rings is 1. The van der Waals surface area contributed by atoms with Crippen LogP contribution in [0.25, 0.3) is 0 Å². The third-order valence-corrected chi connectivity index (χ3v) is 3.25. The summed E-state index contributed by atoms with van der Waals surface area (Å²) in [7, 11) is 0. The van der Waals surface area contributed by atoms with Crippen molar-refractivity contribution in [3.63, 3.8) is 0 Å². The fourth-order valence-corrected chi connectivity index (χ4v) is 2.16. The van der Waals surface area contributed by atoms with E-state index in [1.807, 2.05) is 0 Å². The van der Waals surface area contributed by atoms with Crippen molar-refractivity contribution in [2.75, 3.05) is 32.7 Å². The Labute approximate surface area is 105 Å². The van der Waals surface area contributed by atoms with Crippen LogP contribution >= 0.6 is 0 Å². The lowest BCUT2D eigenvalue weighted by Gasteiger charge is -2.27. The van der Waals surface area contributed by atoms with E-state index in [-0.39, 0.29) is 11.3 Å². The average molecular weight is 256 g/mol. The van der Waals surface area contributed by atoms with Gasteiger partial charge in [-0.2, -0.15) is 0 Å². The highest BCUT2D eigenvalue weighted by atomic mass is 19.3. The summed E-state index contributed by atoms with van der Waals surface area (Å²) >= 11 is 0. The van der Waals surface area contributed by atoms with Gasteiger partial charge < -0.3 is 15.3 Å². The van der Waals surface area contributed by atoms with Crippen LogP contribution in [0, 0.1) is 0 Å². The lowest BCUT2D eigenvalue weighted by atomic mass is 10.1. The van der Waals surface area contributed by atoms with Gasteiger partial charge in [0.1, 0.15) is 5.75 Å². The molecule has 0 aromatic heterocycles. The molecule has 0 amide bonds. The second-order valence-electron chi connectivity index (χ2n) is 4.54. The highest BCUT2D eigenvalue weighted by Gasteiger charge is 2.14. The van der Waals surface area contributed by atoms with E-state index in [1.54, 1.807) is 6.07 Å². The van der Waals surface area contributed by atoms with Crippen LogP contribution in [-0.2, 0) is 6.42 Å².